The topological polar surface area (TPSA) is 77.2 Å². The van der Waals surface area contributed by atoms with E-state index < -0.39 is 15.1 Å². The molecular formula is C17H18BrNO4S. The highest BCUT2D eigenvalue weighted by Gasteiger charge is 2.33. The number of hydrogen-bond acceptors (Lipinski definition) is 5. The second-order valence-corrected chi connectivity index (χ2v) is 9.84. The summed E-state index contributed by atoms with van der Waals surface area (Å²) in [5.41, 5.74) is 1.31. The lowest BCUT2D eigenvalue weighted by Crippen LogP contribution is -2.18. The van der Waals surface area contributed by atoms with Crippen molar-refractivity contribution < 1.29 is 17.7 Å². The van der Waals surface area contributed by atoms with Gasteiger partial charge in [0.05, 0.1) is 22.8 Å². The Morgan fingerprint density at radius 2 is 2.04 bits per heavy atom. The van der Waals surface area contributed by atoms with E-state index in [1.165, 1.54) is 6.20 Å². The van der Waals surface area contributed by atoms with E-state index in [0.29, 0.717) is 22.5 Å². The summed E-state index contributed by atoms with van der Waals surface area (Å²) in [6, 6.07) is 5.09. The molecule has 0 atom stereocenters. The highest BCUT2D eigenvalue weighted by Crippen LogP contribution is 2.42. The lowest BCUT2D eigenvalue weighted by atomic mass is 9.99. The Morgan fingerprint density at radius 1 is 1.33 bits per heavy atom. The molecule has 2 aromatic rings. The van der Waals surface area contributed by atoms with E-state index in [4.69, 9.17) is 4.52 Å². The van der Waals surface area contributed by atoms with Crippen LogP contribution in [-0.4, -0.2) is 24.6 Å². The summed E-state index contributed by atoms with van der Waals surface area (Å²) in [6.07, 6.45) is 3.41. The minimum absolute atomic E-state index is 0.171. The van der Waals surface area contributed by atoms with Crippen molar-refractivity contribution in [2.45, 2.75) is 43.6 Å². The Kier molecular flexibility index (Phi) is 4.66. The molecule has 1 fully saturated rings. The second kappa shape index (κ2) is 6.44. The molecule has 128 valence electrons. The number of sulfone groups is 1. The van der Waals surface area contributed by atoms with Crippen LogP contribution >= 0.6 is 15.9 Å². The van der Waals surface area contributed by atoms with E-state index in [1.807, 2.05) is 0 Å². The molecule has 1 aromatic heterocycles. The second-order valence-electron chi connectivity index (χ2n) is 6.36. The third-order valence-electron chi connectivity index (χ3n) is 4.18. The fourth-order valence-electron chi connectivity index (χ4n) is 2.49. The molecule has 1 aliphatic carbocycles. The molecule has 1 aliphatic rings. The summed E-state index contributed by atoms with van der Waals surface area (Å²) in [7, 11) is -3.32. The van der Waals surface area contributed by atoms with E-state index in [9.17, 15) is 13.2 Å². The van der Waals surface area contributed by atoms with E-state index in [2.05, 4.69) is 21.1 Å². The van der Waals surface area contributed by atoms with Gasteiger partial charge in [-0.2, -0.15) is 0 Å². The molecule has 0 amide bonds. The van der Waals surface area contributed by atoms with E-state index >= 15 is 0 Å². The van der Waals surface area contributed by atoms with Crippen LogP contribution in [0.5, 0.6) is 0 Å². The maximum absolute atomic E-state index is 12.9. The molecule has 0 spiro atoms. The summed E-state index contributed by atoms with van der Waals surface area (Å²) < 4.78 is 30.6. The summed E-state index contributed by atoms with van der Waals surface area (Å²) >= 11 is 3.35. The summed E-state index contributed by atoms with van der Waals surface area (Å²) in [5, 5.41) is 3.25. The van der Waals surface area contributed by atoms with Gasteiger partial charge in [-0.05, 0) is 50.5 Å². The van der Waals surface area contributed by atoms with Crippen LogP contribution in [0.25, 0.3) is 0 Å². The predicted octanol–water partition coefficient (Wildman–Crippen LogP) is 3.87. The van der Waals surface area contributed by atoms with Crippen LogP contribution in [0.4, 0.5) is 0 Å². The molecule has 0 unspecified atom stereocenters. The number of aromatic nitrogens is 1. The third-order valence-corrected chi connectivity index (χ3v) is 6.82. The zero-order chi connectivity index (χ0) is 17.5. The lowest BCUT2D eigenvalue weighted by Gasteiger charge is -2.12. The van der Waals surface area contributed by atoms with E-state index in [0.717, 1.165) is 17.3 Å². The number of carbonyl (C=O) groups excluding carboxylic acids is 1. The first-order valence-corrected chi connectivity index (χ1v) is 10.3. The summed E-state index contributed by atoms with van der Waals surface area (Å²) in [5.74, 6) is 0.458. The molecule has 7 heteroatoms. The molecule has 3 rings (SSSR count). The van der Waals surface area contributed by atoms with Gasteiger partial charge in [-0.3, -0.25) is 4.79 Å². The summed E-state index contributed by atoms with van der Waals surface area (Å²) in [4.78, 5) is 12.9. The van der Waals surface area contributed by atoms with Gasteiger partial charge in [0, 0.05) is 16.0 Å². The number of halogens is 1. The average molecular weight is 412 g/mol. The number of hydrogen-bond donors (Lipinski definition) is 0. The molecule has 24 heavy (non-hydrogen) atoms. The monoisotopic (exact) mass is 411 g/mol. The van der Waals surface area contributed by atoms with Gasteiger partial charge in [-0.1, -0.05) is 21.1 Å². The normalized spacial score (nSPS) is 15.0. The Morgan fingerprint density at radius 3 is 2.67 bits per heavy atom. The number of ketones is 1. The SMILES string of the molecule is CC(C)S(=O)(=O)Cc1cc(Br)ccc1C(=O)c1cnoc1C1CC1. The van der Waals surface area contributed by atoms with Crippen molar-refractivity contribution in [1.29, 1.82) is 0 Å². The van der Waals surface area contributed by atoms with Gasteiger partial charge in [0.1, 0.15) is 0 Å². The zero-order valence-electron chi connectivity index (χ0n) is 13.5. The Hall–Kier alpha value is -1.47. The first-order valence-electron chi connectivity index (χ1n) is 7.79. The largest absolute Gasteiger partial charge is 0.360 e. The van der Waals surface area contributed by atoms with Crippen molar-refractivity contribution >= 4 is 31.6 Å². The zero-order valence-corrected chi connectivity index (χ0v) is 15.9. The van der Waals surface area contributed by atoms with Gasteiger partial charge in [0.2, 0.25) is 0 Å². The Bertz CT molecular complexity index is 882. The van der Waals surface area contributed by atoms with Crippen LogP contribution in [0, 0.1) is 0 Å². The highest BCUT2D eigenvalue weighted by molar-refractivity contribution is 9.10. The van der Waals surface area contributed by atoms with Crippen molar-refractivity contribution in [3.8, 4) is 0 Å². The molecule has 1 aromatic carbocycles. The molecule has 0 saturated heterocycles. The fraction of sp³-hybridized carbons (Fsp3) is 0.412. The van der Waals surface area contributed by atoms with Crippen LogP contribution in [0.1, 0.15) is 59.9 Å². The molecule has 1 saturated carbocycles. The van der Waals surface area contributed by atoms with Gasteiger partial charge < -0.3 is 4.52 Å². The number of benzene rings is 1. The standard InChI is InChI=1S/C17H18BrNO4S/c1-10(2)24(21,22)9-12-7-13(18)5-6-14(12)16(20)15-8-19-23-17(15)11-3-4-11/h5-8,10-11H,3-4,9H2,1-2H3. The van der Waals surface area contributed by atoms with Crippen LogP contribution in [0.2, 0.25) is 0 Å². The van der Waals surface area contributed by atoms with Gasteiger partial charge in [0.25, 0.3) is 0 Å². The molecular weight excluding hydrogens is 394 g/mol. The maximum Gasteiger partial charge on any atom is 0.198 e. The predicted molar refractivity (Wildman–Crippen MR) is 93.8 cm³/mol. The van der Waals surface area contributed by atoms with Gasteiger partial charge in [-0.15, -0.1) is 0 Å². The van der Waals surface area contributed by atoms with Crippen LogP contribution in [0.3, 0.4) is 0 Å². The van der Waals surface area contributed by atoms with Crippen molar-refractivity contribution in [1.82, 2.24) is 5.16 Å². The first-order chi connectivity index (χ1) is 11.3. The van der Waals surface area contributed by atoms with Gasteiger partial charge >= 0.3 is 0 Å². The van der Waals surface area contributed by atoms with Crippen molar-refractivity contribution in [3.63, 3.8) is 0 Å². The van der Waals surface area contributed by atoms with Gasteiger partial charge in [-0.25, -0.2) is 8.42 Å². The van der Waals surface area contributed by atoms with Crippen molar-refractivity contribution in [2.75, 3.05) is 0 Å². The average Bonchev–Trinajstić information content (AvgIpc) is 3.23. The molecule has 0 radical (unpaired) electrons. The van der Waals surface area contributed by atoms with Crippen LogP contribution < -0.4 is 0 Å². The summed E-state index contributed by atoms with van der Waals surface area (Å²) in [6.45, 7) is 3.28. The van der Waals surface area contributed by atoms with E-state index in [1.54, 1.807) is 32.0 Å². The number of rotatable bonds is 6. The van der Waals surface area contributed by atoms with Crippen molar-refractivity contribution in [2.24, 2.45) is 0 Å². The number of carbonyl (C=O) groups is 1. The maximum atomic E-state index is 12.9. The Balaban J connectivity index is 2.01. The molecule has 0 N–H and O–H groups in total. The smallest absolute Gasteiger partial charge is 0.198 e. The van der Waals surface area contributed by atoms with E-state index in [-0.39, 0.29) is 17.5 Å². The number of nitrogens with zero attached hydrogens (tertiary/aromatic N) is 1. The lowest BCUT2D eigenvalue weighted by molar-refractivity contribution is 0.103. The third kappa shape index (κ3) is 3.47. The first kappa shape index (κ1) is 17.4. The quantitative estimate of drug-likeness (QED) is 0.674. The van der Waals surface area contributed by atoms with Crippen LogP contribution in [-0.2, 0) is 15.6 Å². The fourth-order valence-corrected chi connectivity index (χ4v) is 3.91. The minimum Gasteiger partial charge on any atom is -0.360 e. The van der Waals surface area contributed by atoms with Crippen molar-refractivity contribution in [3.05, 3.63) is 51.3 Å². The molecule has 0 bridgehead atoms. The molecule has 5 nitrogen and oxygen atoms in total. The molecule has 0 aliphatic heterocycles. The Labute approximate surface area is 149 Å². The highest BCUT2D eigenvalue weighted by atomic mass is 79.9. The molecule has 1 heterocycles. The minimum atomic E-state index is -3.32. The van der Waals surface area contributed by atoms with Crippen LogP contribution in [0.15, 0.2) is 33.4 Å². The van der Waals surface area contributed by atoms with Gasteiger partial charge in [0.15, 0.2) is 21.4 Å².